The van der Waals surface area contributed by atoms with Crippen LogP contribution in [0.25, 0.3) is 0 Å². The van der Waals surface area contributed by atoms with Gasteiger partial charge in [-0.15, -0.1) is 12.4 Å². The maximum atomic E-state index is 12.1. The number of ether oxygens (including phenoxy) is 1. The highest BCUT2D eigenvalue weighted by Gasteiger charge is 2.21. The number of benzene rings is 1. The number of anilines is 1. The number of amides is 1. The van der Waals surface area contributed by atoms with Crippen molar-refractivity contribution in [3.8, 4) is 5.75 Å². The van der Waals surface area contributed by atoms with Gasteiger partial charge in [-0.3, -0.25) is 4.79 Å². The molecule has 1 amide bonds. The SMILES string of the molecule is CCOc1ccccc1NC(=O)C1CCNCC1.Cl. The van der Waals surface area contributed by atoms with Crippen molar-refractivity contribution in [2.45, 2.75) is 19.8 Å². The van der Waals surface area contributed by atoms with Crippen molar-refractivity contribution >= 4 is 24.0 Å². The van der Waals surface area contributed by atoms with Crippen molar-refractivity contribution < 1.29 is 9.53 Å². The summed E-state index contributed by atoms with van der Waals surface area (Å²) in [6, 6.07) is 7.57. The summed E-state index contributed by atoms with van der Waals surface area (Å²) in [6.45, 7) is 4.38. The molecule has 5 heteroatoms. The molecule has 4 nitrogen and oxygen atoms in total. The van der Waals surface area contributed by atoms with Crippen LogP contribution in [0.5, 0.6) is 5.75 Å². The summed E-state index contributed by atoms with van der Waals surface area (Å²) >= 11 is 0. The van der Waals surface area contributed by atoms with Gasteiger partial charge in [0, 0.05) is 5.92 Å². The van der Waals surface area contributed by atoms with Crippen molar-refractivity contribution in [2.75, 3.05) is 25.0 Å². The lowest BCUT2D eigenvalue weighted by atomic mass is 9.97. The minimum Gasteiger partial charge on any atom is -0.492 e. The number of piperidine rings is 1. The Morgan fingerprint density at radius 2 is 2.05 bits per heavy atom. The Bertz CT molecular complexity index is 406. The molecular formula is C14H21ClN2O2. The Morgan fingerprint density at radius 1 is 1.37 bits per heavy atom. The predicted octanol–water partition coefficient (Wildman–Crippen LogP) is 2.45. The zero-order valence-electron chi connectivity index (χ0n) is 11.1. The maximum absolute atomic E-state index is 12.1. The molecule has 0 radical (unpaired) electrons. The number of rotatable bonds is 4. The third-order valence-corrected chi connectivity index (χ3v) is 3.15. The van der Waals surface area contributed by atoms with Gasteiger partial charge in [0.05, 0.1) is 12.3 Å². The highest BCUT2D eigenvalue weighted by atomic mass is 35.5. The number of para-hydroxylation sites is 2. The average molecular weight is 285 g/mol. The predicted molar refractivity (Wildman–Crippen MR) is 79.1 cm³/mol. The van der Waals surface area contributed by atoms with E-state index in [-0.39, 0.29) is 24.2 Å². The zero-order chi connectivity index (χ0) is 12.8. The quantitative estimate of drug-likeness (QED) is 0.893. The molecule has 0 atom stereocenters. The minimum absolute atomic E-state index is 0. The molecule has 0 bridgehead atoms. The average Bonchev–Trinajstić information content (AvgIpc) is 2.42. The lowest BCUT2D eigenvalue weighted by molar-refractivity contribution is -0.120. The van der Waals surface area contributed by atoms with E-state index in [9.17, 15) is 4.79 Å². The molecular weight excluding hydrogens is 264 g/mol. The molecule has 0 saturated carbocycles. The van der Waals surface area contributed by atoms with E-state index in [0.29, 0.717) is 6.61 Å². The van der Waals surface area contributed by atoms with Crippen LogP contribution in [0.4, 0.5) is 5.69 Å². The monoisotopic (exact) mass is 284 g/mol. The lowest BCUT2D eigenvalue weighted by Crippen LogP contribution is -2.34. The number of nitrogens with one attached hydrogen (secondary N) is 2. The van der Waals surface area contributed by atoms with E-state index in [1.807, 2.05) is 31.2 Å². The van der Waals surface area contributed by atoms with Crippen LogP contribution >= 0.6 is 12.4 Å². The smallest absolute Gasteiger partial charge is 0.227 e. The molecule has 0 spiro atoms. The second kappa shape index (κ2) is 8.02. The number of hydrogen-bond acceptors (Lipinski definition) is 3. The minimum atomic E-state index is 0. The fourth-order valence-corrected chi connectivity index (χ4v) is 2.17. The molecule has 0 aliphatic carbocycles. The molecule has 1 saturated heterocycles. The molecule has 19 heavy (non-hydrogen) atoms. The number of halogens is 1. The van der Waals surface area contributed by atoms with Crippen LogP contribution in [0.1, 0.15) is 19.8 Å². The second-order valence-electron chi connectivity index (χ2n) is 4.44. The fraction of sp³-hybridized carbons (Fsp3) is 0.500. The Balaban J connectivity index is 0.00000180. The maximum Gasteiger partial charge on any atom is 0.227 e. The van der Waals surface area contributed by atoms with Crippen LogP contribution in [-0.2, 0) is 4.79 Å². The topological polar surface area (TPSA) is 50.4 Å². The van der Waals surface area contributed by atoms with Gasteiger partial charge in [-0.05, 0) is 45.0 Å². The molecule has 1 aliphatic heterocycles. The van der Waals surface area contributed by atoms with Gasteiger partial charge in [0.1, 0.15) is 5.75 Å². The molecule has 1 heterocycles. The van der Waals surface area contributed by atoms with Gasteiger partial charge >= 0.3 is 0 Å². The summed E-state index contributed by atoms with van der Waals surface area (Å²) in [5.74, 6) is 0.951. The van der Waals surface area contributed by atoms with Gasteiger partial charge in [-0.1, -0.05) is 12.1 Å². The molecule has 1 aromatic carbocycles. The van der Waals surface area contributed by atoms with Crippen molar-refractivity contribution in [3.05, 3.63) is 24.3 Å². The first kappa shape index (κ1) is 15.8. The first-order valence-electron chi connectivity index (χ1n) is 6.54. The second-order valence-corrected chi connectivity index (χ2v) is 4.44. The third kappa shape index (κ3) is 4.40. The Morgan fingerprint density at radius 3 is 2.74 bits per heavy atom. The Kier molecular flexibility index (Phi) is 6.67. The van der Waals surface area contributed by atoms with E-state index in [1.165, 1.54) is 0 Å². The van der Waals surface area contributed by atoms with Crippen LogP contribution in [0, 0.1) is 5.92 Å². The first-order valence-corrected chi connectivity index (χ1v) is 6.54. The highest BCUT2D eigenvalue weighted by molar-refractivity contribution is 5.94. The largest absolute Gasteiger partial charge is 0.492 e. The summed E-state index contributed by atoms with van der Waals surface area (Å²) in [7, 11) is 0. The van der Waals surface area contributed by atoms with Crippen molar-refractivity contribution in [3.63, 3.8) is 0 Å². The summed E-state index contributed by atoms with van der Waals surface area (Å²) in [4.78, 5) is 12.1. The normalized spacial score (nSPS) is 15.4. The van der Waals surface area contributed by atoms with E-state index in [0.717, 1.165) is 37.4 Å². The number of carbonyl (C=O) groups is 1. The van der Waals surface area contributed by atoms with Crippen LogP contribution < -0.4 is 15.4 Å². The van der Waals surface area contributed by atoms with E-state index >= 15 is 0 Å². The highest BCUT2D eigenvalue weighted by Crippen LogP contribution is 2.25. The van der Waals surface area contributed by atoms with E-state index < -0.39 is 0 Å². The molecule has 1 aromatic rings. The number of hydrogen-bond donors (Lipinski definition) is 2. The fourth-order valence-electron chi connectivity index (χ4n) is 2.17. The van der Waals surface area contributed by atoms with Crippen LogP contribution in [0.15, 0.2) is 24.3 Å². The van der Waals surface area contributed by atoms with Gasteiger partial charge in [0.25, 0.3) is 0 Å². The van der Waals surface area contributed by atoms with Gasteiger partial charge in [-0.2, -0.15) is 0 Å². The summed E-state index contributed by atoms with van der Waals surface area (Å²) in [5, 5.41) is 6.23. The standard InChI is InChI=1S/C14H20N2O2.ClH/c1-2-18-13-6-4-3-5-12(13)16-14(17)11-7-9-15-10-8-11;/h3-6,11,15H,2,7-10H2,1H3,(H,16,17);1H. The molecule has 2 rings (SSSR count). The zero-order valence-corrected chi connectivity index (χ0v) is 12.0. The molecule has 2 N–H and O–H groups in total. The van der Waals surface area contributed by atoms with E-state index in [1.54, 1.807) is 0 Å². The summed E-state index contributed by atoms with van der Waals surface area (Å²) in [6.07, 6.45) is 1.81. The first-order chi connectivity index (χ1) is 8.81. The van der Waals surface area contributed by atoms with Gasteiger partial charge in [0.2, 0.25) is 5.91 Å². The Hall–Kier alpha value is -1.26. The van der Waals surface area contributed by atoms with Crippen molar-refractivity contribution in [1.29, 1.82) is 0 Å². The Labute approximate surface area is 120 Å². The third-order valence-electron chi connectivity index (χ3n) is 3.15. The molecule has 0 unspecified atom stereocenters. The molecule has 1 aliphatic rings. The van der Waals surface area contributed by atoms with Crippen molar-refractivity contribution in [1.82, 2.24) is 5.32 Å². The van der Waals surface area contributed by atoms with Crippen molar-refractivity contribution in [2.24, 2.45) is 5.92 Å². The summed E-state index contributed by atoms with van der Waals surface area (Å²) in [5.41, 5.74) is 0.767. The van der Waals surface area contributed by atoms with Gasteiger partial charge in [0.15, 0.2) is 0 Å². The summed E-state index contributed by atoms with van der Waals surface area (Å²) < 4.78 is 5.50. The van der Waals surface area contributed by atoms with Crippen LogP contribution in [0.3, 0.4) is 0 Å². The molecule has 0 aromatic heterocycles. The lowest BCUT2D eigenvalue weighted by Gasteiger charge is -2.22. The molecule has 1 fully saturated rings. The van der Waals surface area contributed by atoms with E-state index in [4.69, 9.17) is 4.74 Å². The van der Waals surface area contributed by atoms with Crippen LogP contribution in [0.2, 0.25) is 0 Å². The molecule has 106 valence electrons. The van der Waals surface area contributed by atoms with Gasteiger partial charge < -0.3 is 15.4 Å². The number of carbonyl (C=O) groups excluding carboxylic acids is 1. The van der Waals surface area contributed by atoms with Crippen LogP contribution in [-0.4, -0.2) is 25.6 Å². The van der Waals surface area contributed by atoms with Gasteiger partial charge in [-0.25, -0.2) is 0 Å². The van der Waals surface area contributed by atoms with E-state index in [2.05, 4.69) is 10.6 Å².